The normalized spacial score (nSPS) is 10.7. The van der Waals surface area contributed by atoms with Crippen molar-refractivity contribution in [2.75, 3.05) is 0 Å². The van der Waals surface area contributed by atoms with Gasteiger partial charge in [0.05, 0.1) is 18.7 Å². The first-order valence-electron chi connectivity index (χ1n) is 8.54. The zero-order chi connectivity index (χ0) is 19.2. The molecule has 0 saturated carbocycles. The molecule has 0 amide bonds. The van der Waals surface area contributed by atoms with E-state index in [2.05, 4.69) is 29.1 Å². The smallest absolute Gasteiger partial charge is 0.308 e. The van der Waals surface area contributed by atoms with Crippen LogP contribution >= 0.6 is 11.3 Å². The molecule has 0 fully saturated rings. The maximum atomic E-state index is 11.9. The summed E-state index contributed by atoms with van der Waals surface area (Å²) in [7, 11) is 0. The maximum absolute atomic E-state index is 11.9. The molecule has 0 bridgehead atoms. The topological polar surface area (TPSA) is 94.0 Å². The van der Waals surface area contributed by atoms with Crippen molar-refractivity contribution in [3.05, 3.63) is 73.7 Å². The first kappa shape index (κ1) is 18.8. The zero-order valence-electron chi connectivity index (χ0n) is 14.8. The molecule has 0 aliphatic rings. The predicted octanol–water partition coefficient (Wildman–Crippen LogP) is 2.36. The molecule has 1 aromatic carbocycles. The molecule has 8 heteroatoms. The first-order chi connectivity index (χ1) is 13.0. The fourth-order valence-electron chi connectivity index (χ4n) is 2.45. The van der Waals surface area contributed by atoms with Crippen molar-refractivity contribution in [3.8, 4) is 10.6 Å². The van der Waals surface area contributed by atoms with E-state index in [1.807, 2.05) is 17.5 Å². The van der Waals surface area contributed by atoms with Crippen LogP contribution in [0.5, 0.6) is 0 Å². The van der Waals surface area contributed by atoms with E-state index < -0.39 is 11.5 Å². The van der Waals surface area contributed by atoms with Crippen molar-refractivity contribution < 1.29 is 9.53 Å². The number of aromatic amines is 1. The highest BCUT2D eigenvalue weighted by molar-refractivity contribution is 7.13. The van der Waals surface area contributed by atoms with Gasteiger partial charge in [0.2, 0.25) is 0 Å². The lowest BCUT2D eigenvalue weighted by atomic mass is 10.1. The minimum Gasteiger partial charge on any atom is -0.459 e. The first-order valence-corrected chi connectivity index (χ1v) is 9.42. The summed E-state index contributed by atoms with van der Waals surface area (Å²) in [5.74, 6) is -0.464. The molecule has 27 heavy (non-hydrogen) atoms. The second-order valence-corrected chi connectivity index (χ2v) is 6.76. The molecule has 0 spiro atoms. The molecule has 0 radical (unpaired) electrons. The van der Waals surface area contributed by atoms with Gasteiger partial charge in [0.15, 0.2) is 0 Å². The van der Waals surface area contributed by atoms with Gasteiger partial charge >= 0.3 is 5.97 Å². The van der Waals surface area contributed by atoms with E-state index in [4.69, 9.17) is 4.74 Å². The maximum Gasteiger partial charge on any atom is 0.308 e. The molecule has 2 heterocycles. The number of carbonyl (C=O) groups is 1. The lowest BCUT2D eigenvalue weighted by Crippen LogP contribution is -2.29. The third-order valence-electron chi connectivity index (χ3n) is 3.97. The molecule has 7 nitrogen and oxygen atoms in total. The molecule has 2 aromatic heterocycles. The van der Waals surface area contributed by atoms with Crippen molar-refractivity contribution in [1.82, 2.24) is 14.8 Å². The lowest BCUT2D eigenvalue weighted by molar-refractivity contribution is -0.145. The minimum absolute atomic E-state index is 0.0185. The Morgan fingerprint density at radius 2 is 1.96 bits per heavy atom. The monoisotopic (exact) mass is 385 g/mol. The van der Waals surface area contributed by atoms with Gasteiger partial charge in [-0.15, -0.1) is 11.3 Å². The lowest BCUT2D eigenvalue weighted by Gasteiger charge is -2.05. The Morgan fingerprint density at radius 1 is 1.19 bits per heavy atom. The van der Waals surface area contributed by atoms with Crippen LogP contribution in [-0.4, -0.2) is 20.7 Å². The summed E-state index contributed by atoms with van der Waals surface area (Å²) in [4.78, 5) is 39.2. The Balaban J connectivity index is 1.53. The number of nitrogens with zero attached hydrogens (tertiary/aromatic N) is 2. The van der Waals surface area contributed by atoms with Crippen LogP contribution in [0.25, 0.3) is 10.6 Å². The van der Waals surface area contributed by atoms with Gasteiger partial charge in [-0.1, -0.05) is 31.2 Å². The Bertz CT molecular complexity index is 1030. The summed E-state index contributed by atoms with van der Waals surface area (Å²) in [5, 5.41) is 5.09. The second kappa shape index (κ2) is 8.59. The summed E-state index contributed by atoms with van der Waals surface area (Å²) in [6.07, 6.45) is 0.970. The molecule has 3 aromatic rings. The van der Waals surface area contributed by atoms with E-state index >= 15 is 0 Å². The standard InChI is InChI=1S/C19H19N3O4S/c1-2-13-3-5-14(6-4-13)19-20-15(12-27-19)11-26-18(25)9-10-22-17(24)8-7-16(23)21-22/h3-8,12H,2,9-11H2,1H3,(H,21,23). The van der Waals surface area contributed by atoms with Gasteiger partial charge in [-0.05, 0) is 12.0 Å². The summed E-state index contributed by atoms with van der Waals surface area (Å²) < 4.78 is 6.29. The molecule has 0 aliphatic heterocycles. The number of esters is 1. The summed E-state index contributed by atoms with van der Waals surface area (Å²) in [6.45, 7) is 2.24. The highest BCUT2D eigenvalue weighted by Gasteiger charge is 2.09. The van der Waals surface area contributed by atoms with E-state index in [0.29, 0.717) is 5.69 Å². The number of nitrogens with one attached hydrogen (secondary N) is 1. The number of benzene rings is 1. The van der Waals surface area contributed by atoms with Crippen LogP contribution < -0.4 is 11.1 Å². The number of carbonyl (C=O) groups excluding carboxylic acids is 1. The van der Waals surface area contributed by atoms with E-state index in [0.717, 1.165) is 33.8 Å². The van der Waals surface area contributed by atoms with Crippen LogP contribution in [0.3, 0.4) is 0 Å². The van der Waals surface area contributed by atoms with Crippen molar-refractivity contribution in [3.63, 3.8) is 0 Å². The van der Waals surface area contributed by atoms with Crippen LogP contribution in [-0.2, 0) is 29.1 Å². The van der Waals surface area contributed by atoms with Gasteiger partial charge in [-0.3, -0.25) is 19.5 Å². The third kappa shape index (κ3) is 5.01. The van der Waals surface area contributed by atoms with Gasteiger partial charge in [-0.25, -0.2) is 9.67 Å². The predicted molar refractivity (Wildman–Crippen MR) is 103 cm³/mol. The quantitative estimate of drug-likeness (QED) is 0.630. The number of aryl methyl sites for hydroxylation is 2. The molecule has 0 atom stereocenters. The van der Waals surface area contributed by atoms with E-state index in [1.165, 1.54) is 16.9 Å². The Labute approximate surface area is 159 Å². The fraction of sp³-hybridized carbons (Fsp3) is 0.263. The average Bonchev–Trinajstić information content (AvgIpc) is 3.16. The highest BCUT2D eigenvalue weighted by atomic mass is 32.1. The minimum atomic E-state index is -0.464. The molecular formula is C19H19N3O4S. The number of thiazole rings is 1. The zero-order valence-corrected chi connectivity index (χ0v) is 15.6. The van der Waals surface area contributed by atoms with Gasteiger partial charge in [-0.2, -0.15) is 0 Å². The van der Waals surface area contributed by atoms with Crippen LogP contribution in [0, 0.1) is 0 Å². The van der Waals surface area contributed by atoms with Crippen molar-refractivity contribution in [2.24, 2.45) is 0 Å². The number of hydrogen-bond donors (Lipinski definition) is 1. The van der Waals surface area contributed by atoms with Gasteiger partial charge in [0.25, 0.3) is 11.1 Å². The Hall–Kier alpha value is -3.00. The summed E-state index contributed by atoms with van der Waals surface area (Å²) in [6, 6.07) is 10.5. The van der Waals surface area contributed by atoms with Crippen LogP contribution in [0.2, 0.25) is 0 Å². The number of rotatable bonds is 7. The van der Waals surface area contributed by atoms with Crippen molar-refractivity contribution >= 4 is 17.3 Å². The molecule has 0 unspecified atom stereocenters. The fourth-order valence-corrected chi connectivity index (χ4v) is 3.26. The molecule has 140 valence electrons. The molecule has 1 N–H and O–H groups in total. The Kier molecular flexibility index (Phi) is 5.97. The van der Waals surface area contributed by atoms with E-state index in [1.54, 1.807) is 0 Å². The molecule has 0 aliphatic carbocycles. The van der Waals surface area contributed by atoms with Crippen molar-refractivity contribution in [1.29, 1.82) is 0 Å². The highest BCUT2D eigenvalue weighted by Crippen LogP contribution is 2.24. The van der Waals surface area contributed by atoms with Gasteiger partial charge in [0.1, 0.15) is 11.6 Å². The number of ether oxygens (including phenoxy) is 1. The van der Waals surface area contributed by atoms with E-state index in [-0.39, 0.29) is 25.1 Å². The SMILES string of the molecule is CCc1ccc(-c2nc(COC(=O)CCn3[nH]c(=O)ccc3=O)cs2)cc1. The van der Waals surface area contributed by atoms with Crippen molar-refractivity contribution in [2.45, 2.75) is 32.9 Å². The van der Waals surface area contributed by atoms with Crippen LogP contribution in [0.15, 0.2) is 51.4 Å². The number of hydrogen-bond acceptors (Lipinski definition) is 6. The molecule has 0 saturated heterocycles. The number of aromatic nitrogens is 3. The summed E-state index contributed by atoms with van der Waals surface area (Å²) >= 11 is 1.49. The van der Waals surface area contributed by atoms with Gasteiger partial charge < -0.3 is 4.74 Å². The average molecular weight is 385 g/mol. The molecular weight excluding hydrogens is 366 g/mol. The van der Waals surface area contributed by atoms with Crippen LogP contribution in [0.1, 0.15) is 24.6 Å². The number of H-pyrrole nitrogens is 1. The van der Waals surface area contributed by atoms with Crippen LogP contribution in [0.4, 0.5) is 0 Å². The van der Waals surface area contributed by atoms with Gasteiger partial charge in [0, 0.05) is 23.1 Å². The second-order valence-electron chi connectivity index (χ2n) is 5.90. The summed E-state index contributed by atoms with van der Waals surface area (Å²) in [5.41, 5.74) is 2.20. The third-order valence-corrected chi connectivity index (χ3v) is 4.91. The largest absolute Gasteiger partial charge is 0.459 e. The molecule has 3 rings (SSSR count). The Morgan fingerprint density at radius 3 is 2.70 bits per heavy atom. The van der Waals surface area contributed by atoms with E-state index in [9.17, 15) is 14.4 Å².